The highest BCUT2D eigenvalue weighted by Gasteiger charge is 2.33. The van der Waals surface area contributed by atoms with E-state index in [1.165, 1.54) is 17.3 Å². The van der Waals surface area contributed by atoms with Gasteiger partial charge in [-0.15, -0.1) is 11.3 Å². The van der Waals surface area contributed by atoms with E-state index in [4.69, 9.17) is 0 Å². The summed E-state index contributed by atoms with van der Waals surface area (Å²) in [6.45, 7) is 0.418. The maximum atomic E-state index is 13.1. The maximum absolute atomic E-state index is 13.1. The highest BCUT2D eigenvalue weighted by atomic mass is 32.1. The van der Waals surface area contributed by atoms with Crippen LogP contribution in [0.25, 0.3) is 16.2 Å². The molecule has 0 fully saturated rings. The highest BCUT2D eigenvalue weighted by Crippen LogP contribution is 2.39. The molecule has 132 valence electrons. The van der Waals surface area contributed by atoms with Gasteiger partial charge in [0, 0.05) is 6.54 Å². The van der Waals surface area contributed by atoms with Gasteiger partial charge in [-0.2, -0.15) is 32.9 Å². The van der Waals surface area contributed by atoms with E-state index < -0.39 is 11.1 Å². The Kier molecular flexibility index (Phi) is 4.03. The van der Waals surface area contributed by atoms with Crippen molar-refractivity contribution in [3.8, 4) is 5.95 Å². The summed E-state index contributed by atoms with van der Waals surface area (Å²) in [6, 6.07) is 10.6. The molecule has 10 heteroatoms. The Morgan fingerprint density at radius 2 is 1.92 bits per heavy atom. The number of anilines is 1. The standard InChI is InChI=1S/C16H11F3N6S/c17-16(18,19)12-6-11-13(21-7-10-4-2-1-3-5-10)23-15(24-14(11)26-12)25-9-20-8-22-25/h1-6,8-9H,7H2,(H,21,23,24). The number of halogens is 3. The second kappa shape index (κ2) is 6.37. The fourth-order valence-electron chi connectivity index (χ4n) is 2.38. The van der Waals surface area contributed by atoms with Crippen LogP contribution in [-0.4, -0.2) is 24.7 Å². The van der Waals surface area contributed by atoms with Gasteiger partial charge in [0.25, 0.3) is 5.95 Å². The summed E-state index contributed by atoms with van der Waals surface area (Å²) in [5, 5.41) is 7.36. The molecule has 0 radical (unpaired) electrons. The van der Waals surface area contributed by atoms with Crippen molar-refractivity contribution in [1.82, 2.24) is 24.7 Å². The fraction of sp³-hybridized carbons (Fsp3) is 0.125. The molecule has 0 aliphatic heterocycles. The van der Waals surface area contributed by atoms with Crippen LogP contribution in [0.5, 0.6) is 0 Å². The summed E-state index contributed by atoms with van der Waals surface area (Å²) in [5.74, 6) is 0.470. The first-order valence-electron chi connectivity index (χ1n) is 7.52. The first kappa shape index (κ1) is 16.5. The zero-order valence-electron chi connectivity index (χ0n) is 13.1. The lowest BCUT2D eigenvalue weighted by Gasteiger charge is -2.08. The number of nitrogens with zero attached hydrogens (tertiary/aromatic N) is 5. The predicted octanol–water partition coefficient (Wildman–Crippen LogP) is 3.90. The Balaban J connectivity index is 1.78. The largest absolute Gasteiger partial charge is 0.425 e. The van der Waals surface area contributed by atoms with Crippen molar-refractivity contribution in [3.05, 3.63) is 59.5 Å². The van der Waals surface area contributed by atoms with Crippen LogP contribution in [0.2, 0.25) is 0 Å². The summed E-state index contributed by atoms with van der Waals surface area (Å²) in [4.78, 5) is 11.9. The van der Waals surface area contributed by atoms with Gasteiger partial charge in [0.05, 0.1) is 5.39 Å². The van der Waals surface area contributed by atoms with Gasteiger partial charge in [-0.1, -0.05) is 30.3 Å². The lowest BCUT2D eigenvalue weighted by molar-refractivity contribution is -0.134. The van der Waals surface area contributed by atoms with E-state index in [0.29, 0.717) is 29.1 Å². The number of alkyl halides is 3. The van der Waals surface area contributed by atoms with E-state index >= 15 is 0 Å². The molecule has 6 nitrogen and oxygen atoms in total. The molecule has 4 rings (SSSR count). The molecule has 1 aromatic carbocycles. The second-order valence-electron chi connectivity index (χ2n) is 5.38. The van der Waals surface area contributed by atoms with Gasteiger partial charge >= 0.3 is 6.18 Å². The molecule has 3 aromatic heterocycles. The highest BCUT2D eigenvalue weighted by molar-refractivity contribution is 7.18. The molecule has 0 atom stereocenters. The SMILES string of the molecule is FC(F)(F)c1cc2c(NCc3ccccc3)nc(-n3cncn3)nc2s1. The van der Waals surface area contributed by atoms with Crippen molar-refractivity contribution in [2.24, 2.45) is 0 Å². The minimum Gasteiger partial charge on any atom is -0.365 e. The van der Waals surface area contributed by atoms with Gasteiger partial charge in [-0.05, 0) is 11.6 Å². The Labute approximate surface area is 149 Å². The van der Waals surface area contributed by atoms with Crippen LogP contribution in [0.4, 0.5) is 19.0 Å². The number of rotatable bonds is 4. The summed E-state index contributed by atoms with van der Waals surface area (Å²) < 4.78 is 40.6. The second-order valence-corrected chi connectivity index (χ2v) is 6.41. The summed E-state index contributed by atoms with van der Waals surface area (Å²) in [7, 11) is 0. The van der Waals surface area contributed by atoms with E-state index in [2.05, 4.69) is 25.4 Å². The molecular weight excluding hydrogens is 365 g/mol. The van der Waals surface area contributed by atoms with Crippen LogP contribution < -0.4 is 5.32 Å². The van der Waals surface area contributed by atoms with E-state index in [1.807, 2.05) is 30.3 Å². The Bertz CT molecular complexity index is 1030. The molecule has 0 bridgehead atoms. The summed E-state index contributed by atoms with van der Waals surface area (Å²) >= 11 is 0.574. The van der Waals surface area contributed by atoms with E-state index in [-0.39, 0.29) is 10.8 Å². The third-order valence-corrected chi connectivity index (χ3v) is 4.66. The van der Waals surface area contributed by atoms with Crippen LogP contribution in [0, 0.1) is 0 Å². The van der Waals surface area contributed by atoms with Crippen LogP contribution >= 0.6 is 11.3 Å². The topological polar surface area (TPSA) is 68.5 Å². The smallest absolute Gasteiger partial charge is 0.365 e. The number of fused-ring (bicyclic) bond motifs is 1. The number of hydrogen-bond acceptors (Lipinski definition) is 6. The van der Waals surface area contributed by atoms with Crippen molar-refractivity contribution in [1.29, 1.82) is 0 Å². The maximum Gasteiger partial charge on any atom is 0.425 e. The molecule has 26 heavy (non-hydrogen) atoms. The average molecular weight is 376 g/mol. The number of benzene rings is 1. The molecule has 4 aromatic rings. The quantitative estimate of drug-likeness (QED) is 0.585. The van der Waals surface area contributed by atoms with Crippen LogP contribution in [0.15, 0.2) is 49.1 Å². The monoisotopic (exact) mass is 376 g/mol. The van der Waals surface area contributed by atoms with Crippen LogP contribution in [0.3, 0.4) is 0 Å². The van der Waals surface area contributed by atoms with Crippen molar-refractivity contribution in [2.45, 2.75) is 12.7 Å². The Hall–Kier alpha value is -3.01. The van der Waals surface area contributed by atoms with Gasteiger partial charge in [0.15, 0.2) is 0 Å². The number of aromatic nitrogens is 5. The predicted molar refractivity (Wildman–Crippen MR) is 91.1 cm³/mol. The lowest BCUT2D eigenvalue weighted by atomic mass is 10.2. The lowest BCUT2D eigenvalue weighted by Crippen LogP contribution is -2.07. The third-order valence-electron chi connectivity index (χ3n) is 3.59. The van der Waals surface area contributed by atoms with E-state index in [0.717, 1.165) is 11.6 Å². The van der Waals surface area contributed by atoms with Crippen molar-refractivity contribution < 1.29 is 13.2 Å². The van der Waals surface area contributed by atoms with Crippen LogP contribution in [-0.2, 0) is 12.7 Å². The van der Waals surface area contributed by atoms with Crippen molar-refractivity contribution >= 4 is 27.4 Å². The van der Waals surface area contributed by atoms with Crippen LogP contribution in [0.1, 0.15) is 10.4 Å². The molecule has 0 amide bonds. The molecule has 0 aliphatic rings. The molecule has 3 heterocycles. The third kappa shape index (κ3) is 3.23. The van der Waals surface area contributed by atoms with Gasteiger partial charge < -0.3 is 5.32 Å². The first-order valence-corrected chi connectivity index (χ1v) is 8.34. The average Bonchev–Trinajstić information content (AvgIpc) is 3.29. The fourth-order valence-corrected chi connectivity index (χ4v) is 3.27. The molecule has 1 N–H and O–H groups in total. The van der Waals surface area contributed by atoms with Gasteiger partial charge in [-0.3, -0.25) is 0 Å². The first-order chi connectivity index (χ1) is 12.5. The van der Waals surface area contributed by atoms with Crippen molar-refractivity contribution in [3.63, 3.8) is 0 Å². The van der Waals surface area contributed by atoms with Crippen molar-refractivity contribution in [2.75, 3.05) is 5.32 Å². The number of thiophene rings is 1. The molecule has 0 saturated heterocycles. The summed E-state index contributed by atoms with van der Waals surface area (Å²) in [6.07, 6.45) is -1.74. The summed E-state index contributed by atoms with van der Waals surface area (Å²) in [5.41, 5.74) is 0.979. The normalized spacial score (nSPS) is 11.8. The zero-order chi connectivity index (χ0) is 18.1. The number of nitrogens with one attached hydrogen (secondary N) is 1. The van der Waals surface area contributed by atoms with E-state index in [9.17, 15) is 13.2 Å². The zero-order valence-corrected chi connectivity index (χ0v) is 13.9. The molecule has 0 aliphatic carbocycles. The Morgan fingerprint density at radius 3 is 2.62 bits per heavy atom. The minimum atomic E-state index is -4.44. The van der Waals surface area contributed by atoms with Gasteiger partial charge in [0.2, 0.25) is 0 Å². The molecule has 0 saturated carbocycles. The molecular formula is C16H11F3N6S. The number of hydrogen-bond donors (Lipinski definition) is 1. The van der Waals surface area contributed by atoms with E-state index in [1.54, 1.807) is 0 Å². The minimum absolute atomic E-state index is 0.154. The van der Waals surface area contributed by atoms with Gasteiger partial charge in [0.1, 0.15) is 28.2 Å². The molecule has 0 unspecified atom stereocenters. The molecule has 0 spiro atoms. The Morgan fingerprint density at radius 1 is 1.12 bits per heavy atom. The van der Waals surface area contributed by atoms with Gasteiger partial charge in [-0.25, -0.2) is 4.98 Å².